The van der Waals surface area contributed by atoms with Gasteiger partial charge in [-0.1, -0.05) is 18.2 Å². The highest BCUT2D eigenvalue weighted by Crippen LogP contribution is 2.32. The third-order valence-corrected chi connectivity index (χ3v) is 6.61. The Morgan fingerprint density at radius 3 is 2.54 bits per heavy atom. The van der Waals surface area contributed by atoms with E-state index in [2.05, 4.69) is 32.1 Å². The van der Waals surface area contributed by atoms with Crippen LogP contribution in [0.25, 0.3) is 11.3 Å². The number of carbonyl (C=O) groups is 1. The predicted octanol–water partition coefficient (Wildman–Crippen LogP) is 3.60. The molecule has 1 aliphatic rings. The molecular weight excluding hydrogens is 483 g/mol. The molecule has 2 N–H and O–H groups in total. The van der Waals surface area contributed by atoms with E-state index in [1.54, 1.807) is 29.5 Å². The van der Waals surface area contributed by atoms with Gasteiger partial charge in [0.25, 0.3) is 0 Å². The summed E-state index contributed by atoms with van der Waals surface area (Å²) in [6.45, 7) is 3.26. The number of Topliss-reactive ketones (excluding diaryl/α,β-unsaturated/α-hetero) is 1. The molecule has 1 fully saturated rings. The number of hydrogen-bond donors (Lipinski definition) is 1. The van der Waals surface area contributed by atoms with Crippen molar-refractivity contribution in [3.63, 3.8) is 0 Å². The van der Waals surface area contributed by atoms with Crippen molar-refractivity contribution in [2.24, 2.45) is 11.7 Å². The van der Waals surface area contributed by atoms with Gasteiger partial charge in [0.15, 0.2) is 5.78 Å². The summed E-state index contributed by atoms with van der Waals surface area (Å²) >= 11 is 0. The van der Waals surface area contributed by atoms with Crippen molar-refractivity contribution in [3.05, 3.63) is 89.9 Å². The van der Waals surface area contributed by atoms with Crippen molar-refractivity contribution in [2.75, 3.05) is 18.0 Å². The number of hydrogen-bond acceptors (Lipinski definition) is 7. The molecule has 37 heavy (non-hydrogen) atoms. The number of nitrogens with zero attached hydrogens (tertiary/aromatic N) is 6. The minimum absolute atomic E-state index is 0.0220. The lowest BCUT2D eigenvalue weighted by Crippen LogP contribution is -2.53. The van der Waals surface area contributed by atoms with Crippen LogP contribution in [0.2, 0.25) is 0 Å². The summed E-state index contributed by atoms with van der Waals surface area (Å²) in [5, 5.41) is 7.99. The number of carbonyl (C=O) groups excluding carboxylic acids is 1. The zero-order valence-electron chi connectivity index (χ0n) is 19.9. The summed E-state index contributed by atoms with van der Waals surface area (Å²) in [5.41, 5.74) is 6.68. The maximum absolute atomic E-state index is 14.5. The summed E-state index contributed by atoms with van der Waals surface area (Å²) < 4.78 is 44.8. The zero-order valence-corrected chi connectivity index (χ0v) is 19.9. The standard InChI is InChI=1S/C26H24F3N7O/c1-15-13-35(14-20(30)26(15)36-10-9-32-34-36)22-7-8-31-12-16(22)11-23(37)21-6-5-19(29)25(33-21)24-17(27)3-2-4-18(24)28/h2-10,12,15,20,26H,11,13-14,30H2,1H3/t15-,20+,26-/m0/s1. The summed E-state index contributed by atoms with van der Waals surface area (Å²) in [6, 6.07) is 6.94. The molecule has 11 heteroatoms. The van der Waals surface area contributed by atoms with E-state index in [4.69, 9.17) is 5.73 Å². The van der Waals surface area contributed by atoms with Gasteiger partial charge in [0.1, 0.15) is 28.8 Å². The van der Waals surface area contributed by atoms with Gasteiger partial charge in [-0.3, -0.25) is 9.78 Å². The van der Waals surface area contributed by atoms with Crippen LogP contribution in [0.3, 0.4) is 0 Å². The van der Waals surface area contributed by atoms with Gasteiger partial charge in [0.2, 0.25) is 0 Å². The van der Waals surface area contributed by atoms with Gasteiger partial charge in [-0.25, -0.2) is 22.8 Å². The van der Waals surface area contributed by atoms with Gasteiger partial charge < -0.3 is 10.6 Å². The minimum Gasteiger partial charge on any atom is -0.369 e. The number of rotatable bonds is 6. The Morgan fingerprint density at radius 2 is 1.84 bits per heavy atom. The average molecular weight is 508 g/mol. The second-order valence-corrected chi connectivity index (χ2v) is 9.15. The van der Waals surface area contributed by atoms with Crippen molar-refractivity contribution in [3.8, 4) is 11.3 Å². The van der Waals surface area contributed by atoms with Crippen molar-refractivity contribution >= 4 is 11.5 Å². The Labute approximate surface area is 211 Å². The topological polar surface area (TPSA) is 103 Å². The Kier molecular flexibility index (Phi) is 6.70. The van der Waals surface area contributed by atoms with E-state index in [1.807, 2.05) is 6.07 Å². The number of halogens is 3. The third-order valence-electron chi connectivity index (χ3n) is 6.61. The first-order valence-electron chi connectivity index (χ1n) is 11.8. The van der Waals surface area contributed by atoms with Gasteiger partial charge in [0, 0.05) is 55.4 Å². The van der Waals surface area contributed by atoms with Crippen molar-refractivity contribution < 1.29 is 18.0 Å². The molecule has 0 radical (unpaired) electrons. The molecule has 4 aromatic rings. The van der Waals surface area contributed by atoms with E-state index in [-0.39, 0.29) is 30.1 Å². The lowest BCUT2D eigenvalue weighted by molar-refractivity contribution is 0.0988. The molecule has 190 valence electrons. The molecule has 3 aromatic heterocycles. The Hall–Kier alpha value is -4.12. The number of piperidine rings is 1. The maximum Gasteiger partial charge on any atom is 0.185 e. The van der Waals surface area contributed by atoms with Gasteiger partial charge in [-0.2, -0.15) is 0 Å². The molecule has 1 aromatic carbocycles. The van der Waals surface area contributed by atoms with Gasteiger partial charge in [-0.05, 0) is 36.2 Å². The van der Waals surface area contributed by atoms with Gasteiger partial charge >= 0.3 is 0 Å². The van der Waals surface area contributed by atoms with Crippen LogP contribution in [0.1, 0.15) is 29.0 Å². The largest absolute Gasteiger partial charge is 0.369 e. The zero-order chi connectivity index (χ0) is 26.1. The molecule has 0 aliphatic carbocycles. The predicted molar refractivity (Wildman–Crippen MR) is 130 cm³/mol. The fourth-order valence-corrected chi connectivity index (χ4v) is 4.97. The molecule has 1 saturated heterocycles. The normalized spacial score (nSPS) is 19.7. The quantitative estimate of drug-likeness (QED) is 0.398. The van der Waals surface area contributed by atoms with Crippen LogP contribution in [0.5, 0.6) is 0 Å². The van der Waals surface area contributed by atoms with Crippen molar-refractivity contribution in [1.29, 1.82) is 0 Å². The fraction of sp³-hybridized carbons (Fsp3) is 0.269. The molecule has 0 bridgehead atoms. The Bertz CT molecular complexity index is 1400. The minimum atomic E-state index is -0.967. The molecular formula is C26H24F3N7O. The van der Waals surface area contributed by atoms with Crippen LogP contribution >= 0.6 is 0 Å². The molecule has 0 amide bonds. The monoisotopic (exact) mass is 507 g/mol. The molecule has 4 heterocycles. The smallest absolute Gasteiger partial charge is 0.185 e. The molecule has 0 saturated carbocycles. The van der Waals surface area contributed by atoms with E-state index >= 15 is 0 Å². The van der Waals surface area contributed by atoms with E-state index < -0.39 is 34.5 Å². The molecule has 5 rings (SSSR count). The van der Waals surface area contributed by atoms with Gasteiger partial charge in [-0.15, -0.1) is 5.10 Å². The van der Waals surface area contributed by atoms with E-state index in [0.717, 1.165) is 23.9 Å². The molecule has 0 unspecified atom stereocenters. The lowest BCUT2D eigenvalue weighted by Gasteiger charge is -2.42. The van der Waals surface area contributed by atoms with Crippen LogP contribution in [-0.4, -0.2) is 49.9 Å². The van der Waals surface area contributed by atoms with E-state index in [9.17, 15) is 18.0 Å². The summed E-state index contributed by atoms with van der Waals surface area (Å²) in [6.07, 6.45) is 6.55. The first-order chi connectivity index (χ1) is 17.8. The Morgan fingerprint density at radius 1 is 1.05 bits per heavy atom. The summed E-state index contributed by atoms with van der Waals surface area (Å²) in [4.78, 5) is 23.5. The summed E-state index contributed by atoms with van der Waals surface area (Å²) in [7, 11) is 0. The molecule has 0 spiro atoms. The third kappa shape index (κ3) is 4.82. The Balaban J connectivity index is 1.40. The second kappa shape index (κ2) is 10.1. The van der Waals surface area contributed by atoms with Crippen LogP contribution < -0.4 is 10.6 Å². The number of nitrogens with two attached hydrogens (primary N) is 1. The molecule has 1 aliphatic heterocycles. The highest BCUT2D eigenvalue weighted by atomic mass is 19.1. The van der Waals surface area contributed by atoms with Crippen LogP contribution in [0.15, 0.2) is 61.2 Å². The number of aromatic nitrogens is 5. The SMILES string of the molecule is C[C@H]1CN(c2ccncc2CC(=O)c2ccc(F)c(-c3c(F)cccc3F)n2)C[C@@H](N)[C@H]1n1ccnn1. The van der Waals surface area contributed by atoms with E-state index in [0.29, 0.717) is 18.7 Å². The van der Waals surface area contributed by atoms with Crippen LogP contribution in [0, 0.1) is 23.4 Å². The lowest BCUT2D eigenvalue weighted by atomic mass is 9.89. The molecule has 8 nitrogen and oxygen atoms in total. The van der Waals surface area contributed by atoms with Crippen molar-refractivity contribution in [2.45, 2.75) is 25.4 Å². The highest BCUT2D eigenvalue weighted by Gasteiger charge is 2.35. The number of benzene rings is 1. The second-order valence-electron chi connectivity index (χ2n) is 9.15. The highest BCUT2D eigenvalue weighted by molar-refractivity contribution is 5.97. The van der Waals surface area contributed by atoms with Gasteiger partial charge in [0.05, 0.1) is 17.8 Å². The first-order valence-corrected chi connectivity index (χ1v) is 11.8. The number of pyridine rings is 2. The maximum atomic E-state index is 14.5. The van der Waals surface area contributed by atoms with E-state index in [1.165, 1.54) is 12.1 Å². The average Bonchev–Trinajstić information content (AvgIpc) is 3.39. The van der Waals surface area contributed by atoms with Crippen LogP contribution in [-0.2, 0) is 6.42 Å². The number of ketones is 1. The fourth-order valence-electron chi connectivity index (χ4n) is 4.97. The molecule has 3 atom stereocenters. The summed E-state index contributed by atoms with van der Waals surface area (Å²) in [5.74, 6) is -3.17. The first kappa shape index (κ1) is 24.6. The van der Waals surface area contributed by atoms with Crippen LogP contribution in [0.4, 0.5) is 18.9 Å². The number of anilines is 1. The van der Waals surface area contributed by atoms with Crippen molar-refractivity contribution in [1.82, 2.24) is 25.0 Å².